The van der Waals surface area contributed by atoms with E-state index in [1.807, 2.05) is 12.1 Å². The molecule has 2 N–H and O–H groups in total. The molecule has 6 rings (SSSR count). The second-order valence-corrected chi connectivity index (χ2v) is 21.2. The maximum absolute atomic E-state index is 12.5. The van der Waals surface area contributed by atoms with Crippen LogP contribution in [-0.2, 0) is 14.3 Å². The number of methoxy groups -OCH3 is 1. The Morgan fingerprint density at radius 3 is 1.57 bits per heavy atom. The summed E-state index contributed by atoms with van der Waals surface area (Å²) < 4.78 is 13.0. The first-order chi connectivity index (χ1) is 29.8. The number of aliphatic hydroxyl groups excluding tert-OH is 1. The van der Waals surface area contributed by atoms with Crippen LogP contribution in [0.15, 0.2) is 21.9 Å². The van der Waals surface area contributed by atoms with E-state index in [4.69, 9.17) is 14.3 Å². The van der Waals surface area contributed by atoms with Crippen LogP contribution in [0.2, 0.25) is 0 Å². The largest absolute Gasteiger partial charge is 0.387 e. The van der Waals surface area contributed by atoms with E-state index in [-0.39, 0.29) is 6.61 Å². The highest BCUT2D eigenvalue weighted by Gasteiger charge is 2.47. The molecule has 350 valence electrons. The van der Waals surface area contributed by atoms with Crippen LogP contribution in [0.3, 0.4) is 0 Å². The minimum Gasteiger partial charge on any atom is -0.387 e. The van der Waals surface area contributed by atoms with Crippen LogP contribution in [0.25, 0.3) is 0 Å². The number of nitrogens with zero attached hydrogens (tertiary/aromatic N) is 2. The average molecular weight is 854 g/mol. The summed E-state index contributed by atoms with van der Waals surface area (Å²) in [5.41, 5.74) is -1.07. The number of H-pyrrole nitrogens is 1. The van der Waals surface area contributed by atoms with Gasteiger partial charge < -0.3 is 14.6 Å². The maximum atomic E-state index is 12.5. The molecule has 5 fully saturated rings. The lowest BCUT2D eigenvalue weighted by Crippen LogP contribution is -2.40. The summed E-state index contributed by atoms with van der Waals surface area (Å²) in [7, 11) is 3.53. The van der Waals surface area contributed by atoms with Crippen molar-refractivity contribution in [2.75, 3.05) is 20.8 Å². The van der Waals surface area contributed by atoms with Crippen LogP contribution in [0.4, 0.5) is 0 Å². The summed E-state index contributed by atoms with van der Waals surface area (Å²) in [6.07, 6.45) is 39.9. The molecule has 9 nitrogen and oxygen atoms in total. The van der Waals surface area contributed by atoms with Gasteiger partial charge in [-0.05, 0) is 98.7 Å². The van der Waals surface area contributed by atoms with Crippen molar-refractivity contribution in [2.24, 2.45) is 47.3 Å². The van der Waals surface area contributed by atoms with Gasteiger partial charge >= 0.3 is 5.69 Å². The van der Waals surface area contributed by atoms with Gasteiger partial charge in [-0.1, -0.05) is 155 Å². The SMILES string of the molecule is CCCCCC1CC1CC1CC1CCCCCCCCC(CCCCCCCCC1CC1CC1CC1CCCCC)N(C)OC[C@H]1O[C@@H](n2ccc(=O)[nH]c2=O)[C@@H](OC)C1O. The molecular formula is C52H91N3O6. The Labute approximate surface area is 371 Å². The van der Waals surface area contributed by atoms with Gasteiger partial charge in [-0.3, -0.25) is 19.2 Å². The van der Waals surface area contributed by atoms with E-state index in [0.29, 0.717) is 6.04 Å². The molecule has 0 bridgehead atoms. The van der Waals surface area contributed by atoms with E-state index in [0.717, 1.165) is 60.2 Å². The van der Waals surface area contributed by atoms with Crippen LogP contribution in [-0.4, -0.2) is 64.8 Å². The molecule has 1 aliphatic heterocycles. The first-order valence-electron chi connectivity index (χ1n) is 26.3. The van der Waals surface area contributed by atoms with Crippen LogP contribution < -0.4 is 11.2 Å². The number of unbranched alkanes of at least 4 members (excludes halogenated alkanes) is 14. The third kappa shape index (κ3) is 16.5. The van der Waals surface area contributed by atoms with Gasteiger partial charge in [0, 0.05) is 32.5 Å². The van der Waals surface area contributed by atoms with E-state index >= 15 is 0 Å². The van der Waals surface area contributed by atoms with E-state index in [1.165, 1.54) is 191 Å². The van der Waals surface area contributed by atoms with E-state index in [2.05, 4.69) is 18.8 Å². The third-order valence-electron chi connectivity index (χ3n) is 16.2. The highest BCUT2D eigenvalue weighted by atomic mass is 16.7. The highest BCUT2D eigenvalue weighted by Crippen LogP contribution is 2.55. The zero-order valence-electron chi connectivity index (χ0n) is 39.5. The zero-order chi connectivity index (χ0) is 43.0. The van der Waals surface area contributed by atoms with E-state index in [9.17, 15) is 14.7 Å². The summed E-state index contributed by atoms with van der Waals surface area (Å²) in [6, 6.07) is 1.58. The Balaban J connectivity index is 0.844. The minimum atomic E-state index is -0.978. The molecule has 1 aromatic heterocycles. The van der Waals surface area contributed by atoms with Gasteiger partial charge in [0.05, 0.1) is 6.61 Å². The number of hydroxylamine groups is 2. The van der Waals surface area contributed by atoms with Crippen molar-refractivity contribution < 1.29 is 19.4 Å². The summed E-state index contributed by atoms with van der Waals surface area (Å²) >= 11 is 0. The van der Waals surface area contributed by atoms with Crippen molar-refractivity contribution in [1.82, 2.24) is 14.6 Å². The summed E-state index contributed by atoms with van der Waals surface area (Å²) in [6.45, 7) is 4.79. The molecule has 2 heterocycles. The predicted octanol–water partition coefficient (Wildman–Crippen LogP) is 11.8. The molecule has 0 amide bonds. The second-order valence-electron chi connectivity index (χ2n) is 21.2. The number of hydrogen-bond acceptors (Lipinski definition) is 7. The highest BCUT2D eigenvalue weighted by molar-refractivity contribution is 4.97. The fourth-order valence-electron chi connectivity index (χ4n) is 11.7. The third-order valence-corrected chi connectivity index (χ3v) is 16.2. The van der Waals surface area contributed by atoms with Crippen molar-refractivity contribution >= 4 is 0 Å². The lowest BCUT2D eigenvalue weighted by atomic mass is 9.99. The fraction of sp³-hybridized carbons (Fsp3) is 0.923. The normalized spacial score (nSPS) is 31.8. The van der Waals surface area contributed by atoms with Crippen molar-refractivity contribution in [2.45, 2.75) is 237 Å². The molecule has 61 heavy (non-hydrogen) atoms. The van der Waals surface area contributed by atoms with Crippen molar-refractivity contribution in [3.8, 4) is 0 Å². The molecular weight excluding hydrogens is 763 g/mol. The molecule has 9 heteroatoms. The molecule has 9 unspecified atom stereocenters. The second kappa shape index (κ2) is 25.8. The Kier molecular flexibility index (Phi) is 20.7. The number of aliphatic hydroxyl groups is 1. The molecule has 5 aliphatic rings. The Hall–Kier alpha value is -1.52. The van der Waals surface area contributed by atoms with Gasteiger partial charge in [0.15, 0.2) is 6.23 Å². The molecule has 0 radical (unpaired) electrons. The number of rotatable bonds is 36. The Morgan fingerprint density at radius 1 is 0.689 bits per heavy atom. The first-order valence-corrected chi connectivity index (χ1v) is 26.3. The fourth-order valence-corrected chi connectivity index (χ4v) is 11.7. The lowest BCUT2D eigenvalue weighted by Gasteiger charge is -2.29. The summed E-state index contributed by atoms with van der Waals surface area (Å²) in [5.74, 6) is 8.54. The Morgan fingerprint density at radius 2 is 1.13 bits per heavy atom. The minimum absolute atomic E-state index is 0.159. The number of hydrogen-bond donors (Lipinski definition) is 2. The monoisotopic (exact) mass is 854 g/mol. The van der Waals surface area contributed by atoms with Crippen LogP contribution >= 0.6 is 0 Å². The van der Waals surface area contributed by atoms with Gasteiger partial charge in [-0.2, -0.15) is 5.06 Å². The first kappa shape index (κ1) is 48.9. The molecule has 1 saturated heterocycles. The van der Waals surface area contributed by atoms with Gasteiger partial charge in [0.2, 0.25) is 0 Å². The summed E-state index contributed by atoms with van der Waals surface area (Å²) in [5, 5.41) is 13.1. The molecule has 12 atom stereocenters. The van der Waals surface area contributed by atoms with E-state index in [1.54, 1.807) is 12.8 Å². The zero-order valence-corrected chi connectivity index (χ0v) is 39.5. The number of ether oxygens (including phenoxy) is 2. The Bertz CT molecular complexity index is 1430. The molecule has 4 saturated carbocycles. The molecule has 1 aromatic rings. The topological polar surface area (TPSA) is 106 Å². The number of aromatic amines is 1. The van der Waals surface area contributed by atoms with Crippen LogP contribution in [0.5, 0.6) is 0 Å². The van der Waals surface area contributed by atoms with Gasteiger partial charge in [-0.15, -0.1) is 0 Å². The molecule has 0 spiro atoms. The standard InChI is InChI=1S/C52H91N3O6/c1-5-7-17-23-38-31-42(38)35-44-33-40(44)25-19-13-9-11-15-21-27-46(28-22-16-12-10-14-20-26-41-34-45(41)36-43-32-39(43)24-18-8-6-2)54(3)60-37-47-49(57)50(59-4)51(61-47)55-30-29-48(56)53-52(55)58/h29-30,38-47,49-51,57H,5-28,31-37H2,1-4H3,(H,53,56,58)/t38?,39?,40?,41?,42?,43?,44?,45?,46?,47-,49?,50+,51-/m1/s1. The van der Waals surface area contributed by atoms with Crippen LogP contribution in [0, 0.1) is 47.3 Å². The molecule has 0 aromatic carbocycles. The number of aromatic nitrogens is 2. The quantitative estimate of drug-likeness (QED) is 0.0511. The van der Waals surface area contributed by atoms with Gasteiger partial charge in [-0.25, -0.2) is 4.79 Å². The van der Waals surface area contributed by atoms with Crippen molar-refractivity contribution in [3.63, 3.8) is 0 Å². The lowest BCUT2D eigenvalue weighted by molar-refractivity contribution is -0.202. The molecule has 4 aliphatic carbocycles. The predicted molar refractivity (Wildman–Crippen MR) is 247 cm³/mol. The van der Waals surface area contributed by atoms with E-state index < -0.39 is 35.8 Å². The van der Waals surface area contributed by atoms with Gasteiger partial charge in [0.25, 0.3) is 5.56 Å². The number of nitrogens with one attached hydrogen (secondary N) is 1. The average Bonchev–Trinajstić information content (AvgIpc) is 4.12. The van der Waals surface area contributed by atoms with Crippen molar-refractivity contribution in [1.29, 1.82) is 0 Å². The smallest absolute Gasteiger partial charge is 0.330 e. The maximum Gasteiger partial charge on any atom is 0.330 e. The van der Waals surface area contributed by atoms with Crippen molar-refractivity contribution in [3.05, 3.63) is 33.1 Å². The van der Waals surface area contributed by atoms with Gasteiger partial charge in [0.1, 0.15) is 18.3 Å². The van der Waals surface area contributed by atoms with Crippen LogP contribution in [0.1, 0.15) is 213 Å². The summed E-state index contributed by atoms with van der Waals surface area (Å²) in [4.78, 5) is 32.8.